The van der Waals surface area contributed by atoms with Crippen LogP contribution in [0.15, 0.2) is 77.7 Å². The van der Waals surface area contributed by atoms with Gasteiger partial charge in [-0.1, -0.05) is 42.5 Å². The molecule has 0 heterocycles. The number of carbonyl (C=O) groups excluding carboxylic acids is 1. The van der Waals surface area contributed by atoms with Crippen molar-refractivity contribution in [1.82, 2.24) is 0 Å². The molecule has 8 heteroatoms. The normalized spacial score (nSPS) is 11.9. The van der Waals surface area contributed by atoms with E-state index in [9.17, 15) is 23.1 Å². The molecule has 142 valence electrons. The maximum atomic E-state index is 12.7. The van der Waals surface area contributed by atoms with Crippen LogP contribution >= 0.6 is 0 Å². The second-order valence-corrected chi connectivity index (χ2v) is 7.58. The number of hydrogen-bond donors (Lipinski definition) is 3. The molecule has 3 aromatic carbocycles. The zero-order chi connectivity index (χ0) is 20.3. The molecular formula is C20H15NO6S. The van der Waals surface area contributed by atoms with Crippen LogP contribution in [0, 0.1) is 0 Å². The summed E-state index contributed by atoms with van der Waals surface area (Å²) in [6.45, 7) is 0. The van der Waals surface area contributed by atoms with Crippen molar-refractivity contribution >= 4 is 44.0 Å². The molecular weight excluding hydrogens is 382 g/mol. The Morgan fingerprint density at radius 3 is 2.29 bits per heavy atom. The number of rotatable bonds is 6. The zero-order valence-electron chi connectivity index (χ0n) is 14.4. The van der Waals surface area contributed by atoms with Gasteiger partial charge in [0.2, 0.25) is 0 Å². The van der Waals surface area contributed by atoms with Crippen LogP contribution in [0.5, 0.6) is 0 Å². The molecule has 0 atom stereocenters. The summed E-state index contributed by atoms with van der Waals surface area (Å²) in [5.74, 6) is -3.58. The van der Waals surface area contributed by atoms with Gasteiger partial charge in [0.05, 0.1) is 4.90 Å². The number of nitrogens with one attached hydrogen (secondary N) is 1. The molecule has 0 unspecified atom stereocenters. The first-order valence-corrected chi connectivity index (χ1v) is 9.54. The van der Waals surface area contributed by atoms with E-state index in [1.165, 1.54) is 30.3 Å². The molecule has 0 saturated heterocycles. The lowest BCUT2D eigenvalue weighted by atomic mass is 10.1. The summed E-state index contributed by atoms with van der Waals surface area (Å²) in [7, 11) is -3.90. The van der Waals surface area contributed by atoms with Crippen LogP contribution < -0.4 is 4.72 Å². The number of carboxylic acids is 1. The summed E-state index contributed by atoms with van der Waals surface area (Å²) in [6, 6.07) is 17.7. The first kappa shape index (κ1) is 19.1. The van der Waals surface area contributed by atoms with Gasteiger partial charge in [0, 0.05) is 17.3 Å². The third kappa shape index (κ3) is 4.18. The largest absolute Gasteiger partial charge is 0.507 e. The minimum atomic E-state index is -3.90. The van der Waals surface area contributed by atoms with Gasteiger partial charge in [-0.25, -0.2) is 13.2 Å². The number of carbonyl (C=O) groups is 2. The van der Waals surface area contributed by atoms with Crippen molar-refractivity contribution in [3.05, 3.63) is 78.4 Å². The number of fused-ring (bicyclic) bond motifs is 1. The molecule has 0 saturated carbocycles. The van der Waals surface area contributed by atoms with Gasteiger partial charge >= 0.3 is 5.97 Å². The molecule has 3 aromatic rings. The predicted molar refractivity (Wildman–Crippen MR) is 104 cm³/mol. The number of carboxylic acid groups (broad SMARTS) is 1. The summed E-state index contributed by atoms with van der Waals surface area (Å²) in [4.78, 5) is 21.8. The predicted octanol–water partition coefficient (Wildman–Crippen LogP) is 3.19. The lowest BCUT2D eigenvalue weighted by Gasteiger charge is -2.10. The van der Waals surface area contributed by atoms with Crippen LogP contribution in [0.2, 0.25) is 0 Å². The van der Waals surface area contributed by atoms with E-state index in [0.29, 0.717) is 6.08 Å². The monoisotopic (exact) mass is 397 g/mol. The average molecular weight is 397 g/mol. The van der Waals surface area contributed by atoms with Gasteiger partial charge in [-0.3, -0.25) is 9.52 Å². The molecule has 0 aliphatic heterocycles. The summed E-state index contributed by atoms with van der Waals surface area (Å²) < 4.78 is 27.8. The SMILES string of the molecule is O=C(O)C(=O)C=C(O)c1cccc(NS(=O)(=O)c2ccc3ccccc3c2)c1. The van der Waals surface area contributed by atoms with Crippen LogP contribution in [0.4, 0.5) is 5.69 Å². The van der Waals surface area contributed by atoms with Gasteiger partial charge < -0.3 is 10.2 Å². The Bertz CT molecular complexity index is 1210. The molecule has 7 nitrogen and oxygen atoms in total. The Morgan fingerprint density at radius 1 is 0.857 bits per heavy atom. The van der Waals surface area contributed by atoms with E-state index in [-0.39, 0.29) is 16.1 Å². The number of hydrogen-bond acceptors (Lipinski definition) is 5. The maximum absolute atomic E-state index is 12.7. The number of aliphatic carboxylic acids is 1. The Kier molecular flexibility index (Phi) is 5.14. The van der Waals surface area contributed by atoms with Crippen molar-refractivity contribution in [1.29, 1.82) is 0 Å². The highest BCUT2D eigenvalue weighted by molar-refractivity contribution is 7.92. The molecule has 0 aliphatic rings. The third-order valence-electron chi connectivity index (χ3n) is 3.92. The van der Waals surface area contributed by atoms with Crippen molar-refractivity contribution < 1.29 is 28.2 Å². The Labute approximate surface area is 160 Å². The van der Waals surface area contributed by atoms with E-state index in [2.05, 4.69) is 4.72 Å². The summed E-state index contributed by atoms with van der Waals surface area (Å²) in [6.07, 6.45) is 0.555. The number of benzene rings is 3. The lowest BCUT2D eigenvalue weighted by molar-refractivity contribution is -0.146. The minimum absolute atomic E-state index is 0.0671. The second-order valence-electron chi connectivity index (χ2n) is 5.89. The molecule has 0 aliphatic carbocycles. The van der Waals surface area contributed by atoms with Gasteiger partial charge in [-0.2, -0.15) is 0 Å². The lowest BCUT2D eigenvalue weighted by Crippen LogP contribution is -2.13. The number of aliphatic hydroxyl groups excluding tert-OH is 1. The van der Waals surface area contributed by atoms with Crippen LogP contribution in [-0.2, 0) is 19.6 Å². The fourth-order valence-electron chi connectivity index (χ4n) is 2.56. The quantitative estimate of drug-likeness (QED) is 0.334. The Balaban J connectivity index is 1.90. The van der Waals surface area contributed by atoms with E-state index in [1.807, 2.05) is 18.2 Å². The van der Waals surface area contributed by atoms with Gasteiger partial charge in [0.15, 0.2) is 0 Å². The van der Waals surface area contributed by atoms with Gasteiger partial charge in [0.1, 0.15) is 5.76 Å². The highest BCUT2D eigenvalue weighted by Crippen LogP contribution is 2.23. The maximum Gasteiger partial charge on any atom is 0.376 e. The fourth-order valence-corrected chi connectivity index (χ4v) is 3.64. The number of aliphatic hydroxyl groups is 1. The molecule has 0 spiro atoms. The van der Waals surface area contributed by atoms with E-state index in [0.717, 1.165) is 10.8 Å². The molecule has 0 fully saturated rings. The highest BCUT2D eigenvalue weighted by atomic mass is 32.2. The zero-order valence-corrected chi connectivity index (χ0v) is 15.2. The average Bonchev–Trinajstić information content (AvgIpc) is 2.67. The molecule has 0 radical (unpaired) electrons. The standard InChI is InChI=1S/C20H15NO6S/c22-18(12-19(23)20(24)25)15-6-3-7-16(10-15)21-28(26,27)17-9-8-13-4-1-2-5-14(13)11-17/h1-12,21-22H,(H,24,25). The van der Waals surface area contributed by atoms with Crippen molar-refractivity contribution in [2.45, 2.75) is 4.90 Å². The van der Waals surface area contributed by atoms with Crippen LogP contribution in [-0.4, -0.2) is 30.4 Å². The summed E-state index contributed by atoms with van der Waals surface area (Å²) >= 11 is 0. The fraction of sp³-hybridized carbons (Fsp3) is 0. The molecule has 0 amide bonds. The Hall–Kier alpha value is -3.65. The van der Waals surface area contributed by atoms with E-state index in [1.54, 1.807) is 18.2 Å². The van der Waals surface area contributed by atoms with Gasteiger partial charge in [0.25, 0.3) is 15.8 Å². The summed E-state index contributed by atoms with van der Waals surface area (Å²) in [5, 5.41) is 20.2. The molecule has 0 aromatic heterocycles. The minimum Gasteiger partial charge on any atom is -0.507 e. The van der Waals surface area contributed by atoms with E-state index < -0.39 is 27.5 Å². The van der Waals surface area contributed by atoms with Crippen molar-refractivity contribution in [3.8, 4) is 0 Å². The number of sulfonamides is 1. The van der Waals surface area contributed by atoms with Gasteiger partial charge in [-0.05, 0) is 35.0 Å². The number of ketones is 1. The highest BCUT2D eigenvalue weighted by Gasteiger charge is 2.16. The van der Waals surface area contributed by atoms with Crippen molar-refractivity contribution in [2.24, 2.45) is 0 Å². The summed E-state index contributed by atoms with van der Waals surface area (Å²) in [5.41, 5.74) is 0.238. The second kappa shape index (κ2) is 7.53. The first-order chi connectivity index (χ1) is 13.3. The van der Waals surface area contributed by atoms with Crippen molar-refractivity contribution in [3.63, 3.8) is 0 Å². The number of anilines is 1. The smallest absolute Gasteiger partial charge is 0.376 e. The molecule has 0 bridgehead atoms. The topological polar surface area (TPSA) is 121 Å². The van der Waals surface area contributed by atoms with Crippen LogP contribution in [0.25, 0.3) is 16.5 Å². The third-order valence-corrected chi connectivity index (χ3v) is 5.30. The van der Waals surface area contributed by atoms with Crippen LogP contribution in [0.3, 0.4) is 0 Å². The first-order valence-electron chi connectivity index (χ1n) is 8.06. The van der Waals surface area contributed by atoms with E-state index in [4.69, 9.17) is 5.11 Å². The van der Waals surface area contributed by atoms with E-state index >= 15 is 0 Å². The Morgan fingerprint density at radius 2 is 1.57 bits per heavy atom. The molecule has 3 N–H and O–H groups in total. The molecule has 3 rings (SSSR count). The van der Waals surface area contributed by atoms with Gasteiger partial charge in [-0.15, -0.1) is 0 Å². The van der Waals surface area contributed by atoms with Crippen LogP contribution in [0.1, 0.15) is 5.56 Å². The molecule has 28 heavy (non-hydrogen) atoms. The van der Waals surface area contributed by atoms with Crippen molar-refractivity contribution in [2.75, 3.05) is 4.72 Å².